The van der Waals surface area contributed by atoms with Crippen LogP contribution in [0, 0.1) is 12.7 Å². The number of hydrogen-bond acceptors (Lipinski definition) is 4. The van der Waals surface area contributed by atoms with Gasteiger partial charge in [0.1, 0.15) is 11.6 Å². The average Bonchev–Trinajstić information content (AvgIpc) is 3.31. The summed E-state index contributed by atoms with van der Waals surface area (Å²) in [5, 5.41) is 10.9. The van der Waals surface area contributed by atoms with Gasteiger partial charge in [0.05, 0.1) is 17.7 Å². The summed E-state index contributed by atoms with van der Waals surface area (Å²) in [6.45, 7) is 2.68. The summed E-state index contributed by atoms with van der Waals surface area (Å²) < 4.78 is 20.3. The summed E-state index contributed by atoms with van der Waals surface area (Å²) >= 11 is 0. The van der Waals surface area contributed by atoms with Gasteiger partial charge in [-0.05, 0) is 25.8 Å². The zero-order valence-electron chi connectivity index (χ0n) is 16.1. The molecule has 2 atom stereocenters. The van der Waals surface area contributed by atoms with Crippen LogP contribution in [0.3, 0.4) is 0 Å². The van der Waals surface area contributed by atoms with Crippen LogP contribution in [0.25, 0.3) is 5.76 Å². The molecular formula is C23H22FNO4. The molecule has 2 aliphatic rings. The molecular weight excluding hydrogens is 373 g/mol. The lowest BCUT2D eigenvalue weighted by Crippen LogP contribution is -2.36. The Morgan fingerprint density at radius 3 is 2.55 bits per heavy atom. The first-order chi connectivity index (χ1) is 14.0. The minimum Gasteiger partial charge on any atom is -0.507 e. The highest BCUT2D eigenvalue weighted by Crippen LogP contribution is 2.40. The molecule has 1 N–H and O–H groups in total. The summed E-state index contributed by atoms with van der Waals surface area (Å²) in [4.78, 5) is 27.1. The first kappa shape index (κ1) is 19.3. The van der Waals surface area contributed by atoms with Crippen molar-refractivity contribution >= 4 is 17.4 Å². The Bertz CT molecular complexity index is 977. The molecule has 2 heterocycles. The standard InChI is InChI=1S/C23H22FNO4/c1-14-8-10-15(11-9-14)21(26)19-20(17-6-2-3-7-18(17)24)25(23(28)22(19)27)13-16-5-4-12-29-16/h2-3,6-11,16,20,26H,4-5,12-13H2,1H3/t16-,20+/m0/s1. The van der Waals surface area contributed by atoms with Gasteiger partial charge in [-0.3, -0.25) is 9.59 Å². The van der Waals surface area contributed by atoms with E-state index < -0.39 is 23.5 Å². The molecule has 0 aromatic heterocycles. The topological polar surface area (TPSA) is 66.8 Å². The van der Waals surface area contributed by atoms with Crippen LogP contribution in [0.4, 0.5) is 4.39 Å². The van der Waals surface area contributed by atoms with Gasteiger partial charge in [0.15, 0.2) is 0 Å². The Labute approximate surface area is 168 Å². The molecule has 2 saturated heterocycles. The van der Waals surface area contributed by atoms with Gasteiger partial charge in [-0.15, -0.1) is 0 Å². The van der Waals surface area contributed by atoms with Crippen LogP contribution in [0.15, 0.2) is 54.1 Å². The number of carbonyl (C=O) groups excluding carboxylic acids is 2. The molecule has 6 heteroatoms. The van der Waals surface area contributed by atoms with E-state index in [1.807, 2.05) is 6.92 Å². The number of aliphatic hydroxyl groups is 1. The van der Waals surface area contributed by atoms with E-state index in [0.29, 0.717) is 12.2 Å². The normalized spacial score (nSPS) is 23.7. The molecule has 0 aliphatic carbocycles. The van der Waals surface area contributed by atoms with Gasteiger partial charge in [0.25, 0.3) is 11.7 Å². The Kier molecular flexibility index (Phi) is 5.20. The lowest BCUT2D eigenvalue weighted by molar-refractivity contribution is -0.140. The SMILES string of the molecule is Cc1ccc(C(O)=C2C(=O)C(=O)N(C[C@@H]3CCCO3)[C@@H]2c2ccccc2F)cc1. The van der Waals surface area contributed by atoms with Crippen LogP contribution in [-0.4, -0.2) is 41.0 Å². The number of benzene rings is 2. The molecule has 2 aromatic rings. The summed E-state index contributed by atoms with van der Waals surface area (Å²) in [6, 6.07) is 12.0. The van der Waals surface area contributed by atoms with E-state index in [-0.39, 0.29) is 29.5 Å². The third kappa shape index (κ3) is 3.56. The first-order valence-electron chi connectivity index (χ1n) is 9.69. The van der Waals surface area contributed by atoms with Crippen LogP contribution in [0.1, 0.15) is 35.6 Å². The van der Waals surface area contributed by atoms with Gasteiger partial charge in [-0.2, -0.15) is 0 Å². The van der Waals surface area contributed by atoms with Gasteiger partial charge >= 0.3 is 0 Å². The van der Waals surface area contributed by atoms with Gasteiger partial charge in [-0.25, -0.2) is 4.39 Å². The van der Waals surface area contributed by atoms with Gasteiger partial charge in [-0.1, -0.05) is 48.0 Å². The fraction of sp³-hybridized carbons (Fsp3) is 0.304. The van der Waals surface area contributed by atoms with Crippen LogP contribution >= 0.6 is 0 Å². The molecule has 150 valence electrons. The van der Waals surface area contributed by atoms with Crippen molar-refractivity contribution in [3.8, 4) is 0 Å². The molecule has 5 nitrogen and oxygen atoms in total. The van der Waals surface area contributed by atoms with Crippen molar-refractivity contribution in [3.05, 3.63) is 76.6 Å². The number of amides is 1. The number of halogens is 1. The van der Waals surface area contributed by atoms with E-state index >= 15 is 0 Å². The molecule has 0 spiro atoms. The average molecular weight is 395 g/mol. The maximum atomic E-state index is 14.7. The van der Waals surface area contributed by atoms with Gasteiger partial charge < -0.3 is 14.7 Å². The number of likely N-dealkylation sites (tertiary alicyclic amines) is 1. The van der Waals surface area contributed by atoms with Gasteiger partial charge in [0.2, 0.25) is 0 Å². The van der Waals surface area contributed by atoms with Gasteiger partial charge in [0, 0.05) is 24.3 Å². The Balaban J connectivity index is 1.84. The van der Waals surface area contributed by atoms with Crippen molar-refractivity contribution < 1.29 is 23.8 Å². The number of ketones is 1. The molecule has 2 fully saturated rings. The molecule has 0 saturated carbocycles. The number of aryl methyl sites for hydroxylation is 1. The summed E-state index contributed by atoms with van der Waals surface area (Å²) in [7, 11) is 0. The number of carbonyl (C=O) groups is 2. The molecule has 0 radical (unpaired) electrons. The second-order valence-corrected chi connectivity index (χ2v) is 7.47. The summed E-state index contributed by atoms with van der Waals surface area (Å²) in [5.41, 5.74) is 1.48. The zero-order valence-corrected chi connectivity index (χ0v) is 16.1. The third-order valence-corrected chi connectivity index (χ3v) is 5.49. The smallest absolute Gasteiger partial charge is 0.295 e. The van der Waals surface area contributed by atoms with Crippen LogP contribution in [-0.2, 0) is 14.3 Å². The number of rotatable bonds is 4. The van der Waals surface area contributed by atoms with Crippen molar-refractivity contribution in [1.29, 1.82) is 0 Å². The van der Waals surface area contributed by atoms with Crippen LogP contribution in [0.5, 0.6) is 0 Å². The molecule has 29 heavy (non-hydrogen) atoms. The zero-order chi connectivity index (χ0) is 20.5. The molecule has 2 aromatic carbocycles. The quantitative estimate of drug-likeness (QED) is 0.487. The van der Waals surface area contributed by atoms with Crippen LogP contribution < -0.4 is 0 Å². The number of ether oxygens (including phenoxy) is 1. The van der Waals surface area contributed by atoms with Crippen molar-refractivity contribution in [2.75, 3.05) is 13.2 Å². The maximum absolute atomic E-state index is 14.7. The molecule has 2 aliphatic heterocycles. The van der Waals surface area contributed by atoms with E-state index in [9.17, 15) is 19.1 Å². The number of nitrogens with zero attached hydrogens (tertiary/aromatic N) is 1. The highest BCUT2D eigenvalue weighted by Gasteiger charge is 2.47. The van der Waals surface area contributed by atoms with E-state index in [4.69, 9.17) is 4.74 Å². The predicted octanol–water partition coefficient (Wildman–Crippen LogP) is 3.73. The van der Waals surface area contributed by atoms with Crippen molar-refractivity contribution in [2.24, 2.45) is 0 Å². The molecule has 1 amide bonds. The minimum absolute atomic E-state index is 0.0954. The van der Waals surface area contributed by atoms with Crippen molar-refractivity contribution in [3.63, 3.8) is 0 Å². The lowest BCUT2D eigenvalue weighted by atomic mass is 9.94. The second kappa shape index (κ2) is 7.79. The van der Waals surface area contributed by atoms with Crippen LogP contribution in [0.2, 0.25) is 0 Å². The Morgan fingerprint density at radius 1 is 1.17 bits per heavy atom. The highest BCUT2D eigenvalue weighted by atomic mass is 19.1. The number of aliphatic hydroxyl groups excluding tert-OH is 1. The van der Waals surface area contributed by atoms with E-state index in [1.165, 1.54) is 17.0 Å². The minimum atomic E-state index is -0.998. The van der Waals surface area contributed by atoms with Crippen molar-refractivity contribution in [2.45, 2.75) is 31.9 Å². The molecule has 0 unspecified atom stereocenters. The summed E-state index contributed by atoms with van der Waals surface area (Å²) in [5.74, 6) is -2.39. The second-order valence-electron chi connectivity index (χ2n) is 7.47. The fourth-order valence-electron chi connectivity index (χ4n) is 3.96. The highest BCUT2D eigenvalue weighted by molar-refractivity contribution is 6.46. The largest absolute Gasteiger partial charge is 0.507 e. The monoisotopic (exact) mass is 395 g/mol. The first-order valence-corrected chi connectivity index (χ1v) is 9.69. The number of Topliss-reactive ketones (excluding diaryl/α,β-unsaturated/α-hetero) is 1. The van der Waals surface area contributed by atoms with E-state index in [1.54, 1.807) is 36.4 Å². The predicted molar refractivity (Wildman–Crippen MR) is 106 cm³/mol. The number of hydrogen-bond donors (Lipinski definition) is 1. The summed E-state index contributed by atoms with van der Waals surface area (Å²) in [6.07, 6.45) is 1.44. The lowest BCUT2D eigenvalue weighted by Gasteiger charge is -2.27. The molecule has 4 rings (SSSR count). The van der Waals surface area contributed by atoms with E-state index in [2.05, 4.69) is 0 Å². The third-order valence-electron chi connectivity index (χ3n) is 5.49. The fourth-order valence-corrected chi connectivity index (χ4v) is 3.96. The molecule has 0 bridgehead atoms. The maximum Gasteiger partial charge on any atom is 0.295 e. The van der Waals surface area contributed by atoms with Crippen molar-refractivity contribution in [1.82, 2.24) is 4.90 Å². The Morgan fingerprint density at radius 2 is 1.90 bits per heavy atom. The Hall–Kier alpha value is -2.99. The van der Waals surface area contributed by atoms with E-state index in [0.717, 1.165) is 18.4 Å².